The topological polar surface area (TPSA) is 138 Å². The molecular weight excluding hydrogens is 482 g/mol. The normalized spacial score (nSPS) is 13.9. The second kappa shape index (κ2) is 10.7. The van der Waals surface area contributed by atoms with E-state index in [4.69, 9.17) is 15.2 Å². The number of H-pyrrole nitrogens is 2. The monoisotopic (exact) mass is 515 g/mol. The van der Waals surface area contributed by atoms with Gasteiger partial charge in [-0.3, -0.25) is 9.78 Å². The van der Waals surface area contributed by atoms with Gasteiger partial charge in [0.05, 0.1) is 23.3 Å². The Morgan fingerprint density at radius 1 is 1.18 bits per heavy atom. The summed E-state index contributed by atoms with van der Waals surface area (Å²) < 4.78 is 11.8. The summed E-state index contributed by atoms with van der Waals surface area (Å²) in [4.78, 5) is 21.8. The van der Waals surface area contributed by atoms with Crippen LogP contribution in [0.25, 0.3) is 17.0 Å². The Kier molecular flexibility index (Phi) is 7.22. The molecule has 0 radical (unpaired) electrons. The van der Waals surface area contributed by atoms with Crippen LogP contribution in [-0.4, -0.2) is 50.8 Å². The number of nitrogens with one attached hydrogen (secondary N) is 3. The first-order chi connectivity index (χ1) is 18.3. The number of allylic oxidation sites excluding steroid dienone is 1. The molecular formula is C29H33N5O4. The van der Waals surface area contributed by atoms with Gasteiger partial charge in [0.2, 0.25) is 0 Å². The predicted octanol–water partition coefficient (Wildman–Crippen LogP) is 4.09. The first-order valence-electron chi connectivity index (χ1n) is 12.7. The average Bonchev–Trinajstić information content (AvgIpc) is 3.52. The Morgan fingerprint density at radius 3 is 2.76 bits per heavy atom. The molecule has 3 aromatic heterocycles. The standard InChI is InChI=1S/C29H33N5O4/c1-29(2,13-18-7-9-20(10-8-18)38-26-12-11-23(34-26)28(30)36)32-14-19(35)17-37-25-16-31-15-24-27(25)21-5-3-4-6-22(21)33-24/h3,5,7-12,15-16,19,32-35H,4,6,13-14,17H2,1-2H3,(H2,30,36)/t19-/m0/s1. The maximum Gasteiger partial charge on any atom is 0.265 e. The highest BCUT2D eigenvalue weighted by molar-refractivity contribution is 5.95. The Balaban J connectivity index is 1.12. The van der Waals surface area contributed by atoms with E-state index in [2.05, 4.69) is 46.3 Å². The van der Waals surface area contributed by atoms with Crippen molar-refractivity contribution in [3.05, 3.63) is 77.4 Å². The van der Waals surface area contributed by atoms with Gasteiger partial charge in [-0.15, -0.1) is 0 Å². The van der Waals surface area contributed by atoms with Crippen molar-refractivity contribution >= 4 is 22.9 Å². The molecule has 1 aliphatic rings. The van der Waals surface area contributed by atoms with E-state index in [9.17, 15) is 9.90 Å². The molecule has 1 aliphatic carbocycles. The van der Waals surface area contributed by atoms with Gasteiger partial charge in [0.1, 0.15) is 29.9 Å². The van der Waals surface area contributed by atoms with Crippen LogP contribution in [0.2, 0.25) is 0 Å². The number of carbonyl (C=O) groups is 1. The molecule has 1 aromatic carbocycles. The van der Waals surface area contributed by atoms with E-state index in [-0.39, 0.29) is 12.1 Å². The minimum atomic E-state index is -0.684. The van der Waals surface area contributed by atoms with Crippen molar-refractivity contribution in [2.24, 2.45) is 5.73 Å². The molecule has 5 rings (SSSR count). The third-order valence-electron chi connectivity index (χ3n) is 6.61. The highest BCUT2D eigenvalue weighted by atomic mass is 16.5. The minimum absolute atomic E-state index is 0.162. The minimum Gasteiger partial charge on any atom is -0.488 e. The van der Waals surface area contributed by atoms with E-state index in [1.54, 1.807) is 18.3 Å². The van der Waals surface area contributed by atoms with Gasteiger partial charge in [0.15, 0.2) is 5.88 Å². The molecule has 1 atom stereocenters. The van der Waals surface area contributed by atoms with E-state index >= 15 is 0 Å². The van der Waals surface area contributed by atoms with Crippen LogP contribution < -0.4 is 20.5 Å². The number of primary amides is 1. The van der Waals surface area contributed by atoms with Crippen LogP contribution in [-0.2, 0) is 12.8 Å². The van der Waals surface area contributed by atoms with Gasteiger partial charge in [-0.2, -0.15) is 0 Å². The SMILES string of the molecule is CC(C)(Cc1ccc(Oc2ccc(C(N)=O)[nH]2)cc1)NC[C@H](O)COc1cncc2[nH]c3c(c12)C=CCC3. The zero-order valence-corrected chi connectivity index (χ0v) is 21.6. The number of carbonyl (C=O) groups excluding carboxylic acids is 1. The molecule has 0 bridgehead atoms. The molecule has 198 valence electrons. The zero-order chi connectivity index (χ0) is 26.7. The van der Waals surface area contributed by atoms with Crippen LogP contribution in [0.3, 0.4) is 0 Å². The summed E-state index contributed by atoms with van der Waals surface area (Å²) in [6, 6.07) is 11.0. The number of fused-ring (bicyclic) bond motifs is 3. The van der Waals surface area contributed by atoms with Crippen molar-refractivity contribution in [1.29, 1.82) is 0 Å². The molecule has 9 nitrogen and oxygen atoms in total. The van der Waals surface area contributed by atoms with Gasteiger partial charge in [-0.05, 0) is 56.9 Å². The van der Waals surface area contributed by atoms with Gasteiger partial charge in [-0.1, -0.05) is 24.3 Å². The number of nitrogens with two attached hydrogens (primary N) is 1. The third-order valence-corrected chi connectivity index (χ3v) is 6.61. The molecule has 0 spiro atoms. The van der Waals surface area contributed by atoms with Crippen molar-refractivity contribution in [2.75, 3.05) is 13.2 Å². The fourth-order valence-electron chi connectivity index (χ4n) is 4.71. The summed E-state index contributed by atoms with van der Waals surface area (Å²) in [6.45, 7) is 4.74. The number of aromatic amines is 2. The Hall–Kier alpha value is -4.08. The molecule has 4 aromatic rings. The second-order valence-corrected chi connectivity index (χ2v) is 10.3. The van der Waals surface area contributed by atoms with E-state index in [1.165, 1.54) is 5.69 Å². The molecule has 0 unspecified atom stereocenters. The van der Waals surface area contributed by atoms with E-state index in [1.807, 2.05) is 30.5 Å². The molecule has 0 aliphatic heterocycles. The number of rotatable bonds is 11. The number of ether oxygens (including phenoxy) is 2. The maximum absolute atomic E-state index is 11.2. The summed E-state index contributed by atoms with van der Waals surface area (Å²) >= 11 is 0. The van der Waals surface area contributed by atoms with E-state index in [0.717, 1.165) is 41.3 Å². The van der Waals surface area contributed by atoms with Crippen LogP contribution in [0.4, 0.5) is 0 Å². The molecule has 0 saturated heterocycles. The number of aliphatic hydroxyl groups is 1. The Bertz CT molecular complexity index is 1450. The number of β-amino-alcohol motifs (C(OH)–C–C–N with tert-alkyl or cyclic N) is 1. The summed E-state index contributed by atoms with van der Waals surface area (Å²) in [6.07, 6.45) is 9.89. The lowest BCUT2D eigenvalue weighted by Crippen LogP contribution is -2.46. The van der Waals surface area contributed by atoms with Gasteiger partial charge in [0.25, 0.3) is 5.91 Å². The summed E-state index contributed by atoms with van der Waals surface area (Å²) in [7, 11) is 0. The van der Waals surface area contributed by atoms with Gasteiger partial charge < -0.3 is 35.6 Å². The van der Waals surface area contributed by atoms with Crippen molar-refractivity contribution < 1.29 is 19.4 Å². The molecule has 1 amide bonds. The largest absolute Gasteiger partial charge is 0.488 e. The first kappa shape index (κ1) is 25.6. The fraction of sp³-hybridized carbons (Fsp3) is 0.310. The van der Waals surface area contributed by atoms with Crippen molar-refractivity contribution in [2.45, 2.75) is 44.8 Å². The number of amides is 1. The molecule has 38 heavy (non-hydrogen) atoms. The first-order valence-corrected chi connectivity index (χ1v) is 12.7. The molecule has 0 saturated carbocycles. The summed E-state index contributed by atoms with van der Waals surface area (Å²) in [5, 5.41) is 15.1. The zero-order valence-electron chi connectivity index (χ0n) is 21.6. The highest BCUT2D eigenvalue weighted by Gasteiger charge is 2.21. The number of aryl methyl sites for hydroxylation is 1. The molecule has 3 heterocycles. The lowest BCUT2D eigenvalue weighted by atomic mass is 9.94. The second-order valence-electron chi connectivity index (χ2n) is 10.3. The quantitative estimate of drug-likeness (QED) is 0.204. The van der Waals surface area contributed by atoms with Gasteiger partial charge >= 0.3 is 0 Å². The van der Waals surface area contributed by atoms with E-state index in [0.29, 0.717) is 29.6 Å². The van der Waals surface area contributed by atoms with Crippen LogP contribution in [0.1, 0.15) is 47.6 Å². The fourth-order valence-corrected chi connectivity index (χ4v) is 4.71. The summed E-state index contributed by atoms with van der Waals surface area (Å²) in [5.41, 5.74) is 9.72. The van der Waals surface area contributed by atoms with E-state index < -0.39 is 12.0 Å². The lowest BCUT2D eigenvalue weighted by Gasteiger charge is -2.28. The van der Waals surface area contributed by atoms with Gasteiger partial charge in [0, 0.05) is 29.4 Å². The predicted molar refractivity (Wildman–Crippen MR) is 147 cm³/mol. The highest BCUT2D eigenvalue weighted by Crippen LogP contribution is 2.34. The van der Waals surface area contributed by atoms with Crippen molar-refractivity contribution in [3.63, 3.8) is 0 Å². The lowest BCUT2D eigenvalue weighted by molar-refractivity contribution is 0.0993. The average molecular weight is 516 g/mol. The molecule has 0 fully saturated rings. The maximum atomic E-state index is 11.2. The number of aromatic nitrogens is 3. The Labute approximate surface area is 221 Å². The number of nitrogens with zero attached hydrogens (tertiary/aromatic N) is 1. The van der Waals surface area contributed by atoms with Crippen LogP contribution in [0.5, 0.6) is 17.4 Å². The van der Waals surface area contributed by atoms with Crippen molar-refractivity contribution in [1.82, 2.24) is 20.3 Å². The molecule has 6 N–H and O–H groups in total. The number of hydrogen-bond donors (Lipinski definition) is 5. The van der Waals surface area contributed by atoms with Crippen LogP contribution in [0.15, 0.2) is 54.9 Å². The number of aliphatic hydroxyl groups excluding tert-OH is 1. The Morgan fingerprint density at radius 2 is 2.00 bits per heavy atom. The number of benzene rings is 1. The van der Waals surface area contributed by atoms with Gasteiger partial charge in [-0.25, -0.2) is 0 Å². The summed E-state index contributed by atoms with van der Waals surface area (Å²) in [5.74, 6) is 1.24. The smallest absolute Gasteiger partial charge is 0.265 e. The van der Waals surface area contributed by atoms with Crippen LogP contribution >= 0.6 is 0 Å². The number of pyridine rings is 1. The van der Waals surface area contributed by atoms with Crippen molar-refractivity contribution in [3.8, 4) is 17.4 Å². The third kappa shape index (κ3) is 5.90. The number of hydrogen-bond acceptors (Lipinski definition) is 6. The molecule has 9 heteroatoms. The van der Waals surface area contributed by atoms with Crippen LogP contribution in [0, 0.1) is 0 Å².